The van der Waals surface area contributed by atoms with Crippen LogP contribution in [-0.4, -0.2) is 57.8 Å². The second-order valence-electron chi connectivity index (χ2n) is 11.3. The molecule has 262 valence electrons. The number of aromatic nitrogens is 3. The van der Waals surface area contributed by atoms with E-state index in [1.807, 2.05) is 36.0 Å². The lowest BCUT2D eigenvalue weighted by molar-refractivity contribution is -0.274. The zero-order valence-corrected chi connectivity index (χ0v) is 28.5. The van der Waals surface area contributed by atoms with Crippen molar-refractivity contribution >= 4 is 32.0 Å². The summed E-state index contributed by atoms with van der Waals surface area (Å²) in [6.07, 6.45) is -1.53. The maximum Gasteiger partial charge on any atom is 0.573 e. The van der Waals surface area contributed by atoms with Crippen LogP contribution in [0.25, 0.3) is 33.2 Å². The number of methoxy groups -OCH3 is 4. The summed E-state index contributed by atoms with van der Waals surface area (Å²) in [5, 5.41) is 1.58. The Labute approximate surface area is 285 Å². The highest BCUT2D eigenvalue weighted by atomic mass is 32.2. The highest BCUT2D eigenvalue weighted by Crippen LogP contribution is 2.39. The predicted molar refractivity (Wildman–Crippen MR) is 181 cm³/mol. The molecule has 3 heterocycles. The normalized spacial score (nSPS) is 12.0. The average Bonchev–Trinajstić information content (AvgIpc) is 3.67. The molecule has 11 nitrogen and oxygen atoms in total. The maximum absolute atomic E-state index is 13.8. The van der Waals surface area contributed by atoms with Crippen molar-refractivity contribution in [2.45, 2.75) is 24.2 Å². The van der Waals surface area contributed by atoms with Gasteiger partial charge < -0.3 is 33.2 Å². The Morgan fingerprint density at radius 3 is 2.22 bits per heavy atom. The summed E-state index contributed by atoms with van der Waals surface area (Å²) in [6, 6.07) is 15.4. The molecule has 0 radical (unpaired) electrons. The van der Waals surface area contributed by atoms with Gasteiger partial charge in [-0.15, -0.1) is 13.2 Å². The van der Waals surface area contributed by atoms with E-state index in [1.165, 1.54) is 14.2 Å². The number of nitrogens with zero attached hydrogens (tertiary/aromatic N) is 2. The van der Waals surface area contributed by atoms with Crippen LogP contribution in [0.1, 0.15) is 16.7 Å². The van der Waals surface area contributed by atoms with Crippen molar-refractivity contribution in [1.29, 1.82) is 0 Å². The lowest BCUT2D eigenvalue weighted by Crippen LogP contribution is -2.25. The molecule has 0 spiro atoms. The van der Waals surface area contributed by atoms with E-state index in [2.05, 4.69) is 19.4 Å². The van der Waals surface area contributed by atoms with Crippen LogP contribution in [-0.2, 0) is 30.0 Å². The quantitative estimate of drug-likeness (QED) is 0.143. The molecule has 0 aliphatic heterocycles. The molecule has 3 aromatic heterocycles. The molecule has 0 amide bonds. The van der Waals surface area contributed by atoms with Gasteiger partial charge >= 0.3 is 6.36 Å². The van der Waals surface area contributed by atoms with E-state index in [4.69, 9.17) is 18.9 Å². The number of ether oxygens (including phenoxy) is 5. The van der Waals surface area contributed by atoms with Crippen LogP contribution >= 0.6 is 0 Å². The first-order valence-corrected chi connectivity index (χ1v) is 16.6. The van der Waals surface area contributed by atoms with Gasteiger partial charge in [0.25, 0.3) is 0 Å². The molecule has 0 atom stereocenters. The van der Waals surface area contributed by atoms with Crippen molar-refractivity contribution in [2.24, 2.45) is 7.05 Å². The van der Waals surface area contributed by atoms with Crippen LogP contribution in [0.4, 0.5) is 13.2 Å². The van der Waals surface area contributed by atoms with Gasteiger partial charge in [-0.2, -0.15) is 0 Å². The van der Waals surface area contributed by atoms with Crippen molar-refractivity contribution in [1.82, 2.24) is 19.3 Å². The summed E-state index contributed by atoms with van der Waals surface area (Å²) < 4.78 is 97.4. The van der Waals surface area contributed by atoms with Gasteiger partial charge in [0.15, 0.2) is 11.5 Å². The number of nitrogens with one attached hydrogen (secondary N) is 2. The second-order valence-corrected chi connectivity index (χ2v) is 13.0. The Balaban J connectivity index is 1.33. The average molecular weight is 711 g/mol. The Hall–Kier alpha value is -5.41. The molecule has 6 aromatic rings. The zero-order valence-electron chi connectivity index (χ0n) is 27.6. The number of fused-ring (bicyclic) bond motifs is 2. The fourth-order valence-corrected chi connectivity index (χ4v) is 7.14. The van der Waals surface area contributed by atoms with Crippen molar-refractivity contribution in [3.63, 3.8) is 0 Å². The monoisotopic (exact) mass is 710 g/mol. The first kappa shape index (κ1) is 34.5. The van der Waals surface area contributed by atoms with Crippen molar-refractivity contribution in [3.8, 4) is 40.0 Å². The number of H-pyrrole nitrogens is 1. The Bertz CT molecular complexity index is 2320. The number of pyridine rings is 1. The molecule has 15 heteroatoms. The summed E-state index contributed by atoms with van der Waals surface area (Å²) in [6.45, 7) is -0.134. The standard InChI is InChI=1S/C35H33F3N4O7S/c1-42-19-27(26-16-31(47-4)32(48-5)17-29(26)42)28-15-25-21(10-11-39-34(25)41-28)18-40-50(43,44)33-9-8-24(49-35(36,37)38)13-22(33)12-20-6-7-23(45-2)14-30(20)46-3/h6-11,13-17,19,40H,12,18H2,1-5H3,(H,39,41). The minimum atomic E-state index is -4.97. The van der Waals surface area contributed by atoms with E-state index in [0.29, 0.717) is 45.2 Å². The molecule has 0 fully saturated rings. The fourth-order valence-electron chi connectivity index (χ4n) is 5.91. The Morgan fingerprint density at radius 1 is 0.800 bits per heavy atom. The van der Waals surface area contributed by atoms with Crippen LogP contribution in [0, 0.1) is 0 Å². The third-order valence-corrected chi connectivity index (χ3v) is 9.79. The highest BCUT2D eigenvalue weighted by Gasteiger charge is 2.32. The minimum absolute atomic E-state index is 0.0644. The molecule has 3 aromatic carbocycles. The molecule has 0 saturated carbocycles. The maximum atomic E-state index is 13.8. The molecule has 50 heavy (non-hydrogen) atoms. The number of aryl methyl sites for hydroxylation is 1. The molecule has 0 aliphatic carbocycles. The van der Waals surface area contributed by atoms with Crippen molar-refractivity contribution in [3.05, 3.63) is 89.7 Å². The SMILES string of the molecule is COc1ccc(Cc2cc(OC(F)(F)F)ccc2S(=O)(=O)NCc2ccnc3[nH]c(-c4cn(C)c5cc(OC)c(OC)cc45)cc23)c(OC)c1. The minimum Gasteiger partial charge on any atom is -0.497 e. The predicted octanol–water partition coefficient (Wildman–Crippen LogP) is 6.72. The molecule has 6 rings (SSSR count). The number of sulfonamides is 1. The number of alkyl halides is 3. The molecular formula is C35H33F3N4O7S. The summed E-state index contributed by atoms with van der Waals surface area (Å²) >= 11 is 0. The van der Waals surface area contributed by atoms with Crippen LogP contribution in [0.5, 0.6) is 28.7 Å². The van der Waals surface area contributed by atoms with E-state index in [1.54, 1.807) is 44.7 Å². The molecule has 0 aliphatic rings. The van der Waals surface area contributed by atoms with Gasteiger partial charge in [-0.25, -0.2) is 18.1 Å². The topological polar surface area (TPSA) is 126 Å². The van der Waals surface area contributed by atoms with Gasteiger partial charge in [0.05, 0.1) is 38.9 Å². The van der Waals surface area contributed by atoms with E-state index in [0.717, 1.165) is 40.4 Å². The third-order valence-electron chi connectivity index (χ3n) is 8.29. The fraction of sp³-hybridized carbons (Fsp3) is 0.229. The molecule has 0 unspecified atom stereocenters. The van der Waals surface area contributed by atoms with Gasteiger partial charge in [0.2, 0.25) is 10.0 Å². The Morgan fingerprint density at radius 2 is 1.52 bits per heavy atom. The number of hydrogen-bond donors (Lipinski definition) is 2. The van der Waals surface area contributed by atoms with Gasteiger partial charge in [0.1, 0.15) is 22.9 Å². The highest BCUT2D eigenvalue weighted by molar-refractivity contribution is 7.89. The van der Waals surface area contributed by atoms with Gasteiger partial charge in [-0.3, -0.25) is 0 Å². The molecule has 0 saturated heterocycles. The summed E-state index contributed by atoms with van der Waals surface area (Å²) in [5.41, 5.74) is 4.27. The molecule has 0 bridgehead atoms. The first-order valence-electron chi connectivity index (χ1n) is 15.1. The number of benzene rings is 3. The van der Waals surface area contributed by atoms with Gasteiger partial charge in [0, 0.05) is 66.6 Å². The third kappa shape index (κ3) is 6.87. The van der Waals surface area contributed by atoms with E-state index < -0.39 is 22.1 Å². The number of aromatic amines is 1. The second kappa shape index (κ2) is 13.5. The smallest absolute Gasteiger partial charge is 0.497 e. The van der Waals surface area contributed by atoms with Crippen LogP contribution in [0.15, 0.2) is 78.0 Å². The number of rotatable bonds is 12. The van der Waals surface area contributed by atoms with Crippen molar-refractivity contribution < 1.29 is 45.3 Å². The first-order chi connectivity index (χ1) is 23.8. The number of hydrogen-bond acceptors (Lipinski definition) is 8. The van der Waals surface area contributed by atoms with E-state index in [-0.39, 0.29) is 23.4 Å². The van der Waals surface area contributed by atoms with Crippen molar-refractivity contribution in [2.75, 3.05) is 28.4 Å². The Kier molecular flexibility index (Phi) is 9.29. The lowest BCUT2D eigenvalue weighted by Gasteiger charge is -2.16. The van der Waals surface area contributed by atoms with Gasteiger partial charge in [-0.05, 0) is 59.2 Å². The van der Waals surface area contributed by atoms with E-state index >= 15 is 0 Å². The summed E-state index contributed by atoms with van der Waals surface area (Å²) in [7, 11) is 3.69. The zero-order chi connectivity index (χ0) is 35.8. The lowest BCUT2D eigenvalue weighted by atomic mass is 10.0. The number of halogens is 3. The van der Waals surface area contributed by atoms with E-state index in [9.17, 15) is 21.6 Å². The summed E-state index contributed by atoms with van der Waals surface area (Å²) in [5.74, 6) is 1.47. The van der Waals surface area contributed by atoms with Crippen LogP contribution in [0.3, 0.4) is 0 Å². The van der Waals surface area contributed by atoms with Gasteiger partial charge in [-0.1, -0.05) is 6.07 Å². The van der Waals surface area contributed by atoms with Crippen LogP contribution < -0.4 is 28.4 Å². The molecule has 2 N–H and O–H groups in total. The summed E-state index contributed by atoms with van der Waals surface area (Å²) in [4.78, 5) is 7.57. The largest absolute Gasteiger partial charge is 0.573 e. The molecular weight excluding hydrogens is 677 g/mol. The van der Waals surface area contributed by atoms with Crippen LogP contribution in [0.2, 0.25) is 0 Å².